The predicted octanol–water partition coefficient (Wildman–Crippen LogP) is 26.7. The third-order valence-corrected chi connectivity index (χ3v) is 52.6. The van der Waals surface area contributed by atoms with Crippen molar-refractivity contribution >= 4 is 119 Å². The van der Waals surface area contributed by atoms with Gasteiger partial charge >= 0.3 is 0 Å². The number of hydrogen-bond acceptors (Lipinski definition) is 5. The van der Waals surface area contributed by atoms with Gasteiger partial charge in [-0.25, -0.2) is 0 Å². The number of aromatic nitrogens is 2. The van der Waals surface area contributed by atoms with Crippen LogP contribution in [0.1, 0.15) is 256 Å². The van der Waals surface area contributed by atoms with Crippen LogP contribution in [0.2, 0.25) is 70.5 Å². The van der Waals surface area contributed by atoms with Crippen molar-refractivity contribution in [3.05, 3.63) is 124 Å². The average Bonchev–Trinajstić information content (AvgIpc) is 1.57. The first-order valence-electron chi connectivity index (χ1n) is 41.6. The van der Waals surface area contributed by atoms with Crippen LogP contribution in [0, 0.1) is 14.4 Å². The summed E-state index contributed by atoms with van der Waals surface area (Å²) in [6.07, 6.45) is 9.69. The molecule has 2 unspecified atom stereocenters. The number of ether oxygens (including phenoxy) is 4. The third kappa shape index (κ3) is 20.2. The van der Waals surface area contributed by atoms with Crippen molar-refractivity contribution in [3.63, 3.8) is 0 Å². The standard InChI is InChI=1S/C45H69NO2Si2.C26H41NSi2.C19H29IO2.C4H11N/c1-30(2)49(14,31(3)4)35-20-22-37-38-23-21-36(50(15,32(5)6)33(7)8)28-40(38)46(39(37)27-35)41-26-34(45(12,13)29-44(9,10)11)19-24-42(41)48-43-18-16-17-25-47-43;1-17(2)28(9,18(3)4)21-11-13-23-24-14-12-22(16-26(24)27-25(23)15-21)29(10,19(5)6)20(7)8;1-18(2,3)13-19(4,5)14-9-10-16(15(20)12-14)22-17-8-6-7-11-21-17;1-3-4-5-2/h19-24,26-28,30-33,43H,16-18,25,29H2,1-15H3;11-20,27H,1-10H3;9-10,12,17H,6-8,11,13H2,1-5H3;5H,3-4H2,1-2H3. The molecule has 2 saturated heterocycles. The summed E-state index contributed by atoms with van der Waals surface area (Å²) in [5.74, 6) is 1.87. The SMILES string of the molecule is CC(C)(C)CC(C)(C)c1ccc(OC2CCCCO2)c(I)c1.CC(C)[Si](C)(c1ccc2c(c1)[nH]c1cc([Si](C)(C(C)C)C(C)C)ccc12)C(C)C.CC(C)[Si](C)(c1ccc2c3ccc([Si](C)(C(C)C)C(C)C)cc3n(-c3cc(C(C)(C)CC(C)(C)C)ccc3OC3CCCCO3)c2c1)C(C)C.CCCNC. The fourth-order valence-electron chi connectivity index (χ4n) is 18.1. The number of benzene rings is 6. The van der Waals surface area contributed by atoms with Crippen molar-refractivity contribution < 1.29 is 18.9 Å². The number of H-pyrrole nitrogens is 1. The second-order valence-electron chi connectivity index (χ2n) is 39.3. The molecule has 0 radical (unpaired) electrons. The summed E-state index contributed by atoms with van der Waals surface area (Å²) in [5, 5.41) is 14.7. The van der Waals surface area contributed by atoms with Crippen LogP contribution in [0.3, 0.4) is 0 Å². The first-order chi connectivity index (χ1) is 49.2. The number of nitrogens with one attached hydrogen (secondary N) is 2. The Labute approximate surface area is 665 Å². The van der Waals surface area contributed by atoms with Crippen LogP contribution < -0.4 is 35.5 Å². The van der Waals surface area contributed by atoms with Gasteiger partial charge in [0.1, 0.15) is 11.5 Å². The molecule has 2 fully saturated rings. The lowest BCUT2D eigenvalue weighted by atomic mass is 9.72. The lowest BCUT2D eigenvalue weighted by Gasteiger charge is -2.36. The van der Waals surface area contributed by atoms with Crippen LogP contribution in [0.5, 0.6) is 11.5 Å². The Morgan fingerprint density at radius 3 is 1.08 bits per heavy atom. The smallest absolute Gasteiger partial charge is 0.199 e. The van der Waals surface area contributed by atoms with Crippen LogP contribution in [-0.4, -0.2) is 81.2 Å². The van der Waals surface area contributed by atoms with E-state index in [-0.39, 0.29) is 28.8 Å². The summed E-state index contributed by atoms with van der Waals surface area (Å²) < 4.78 is 28.6. The molecule has 106 heavy (non-hydrogen) atoms. The van der Waals surface area contributed by atoms with Crippen molar-refractivity contribution in [3.8, 4) is 17.2 Å². The molecule has 0 bridgehead atoms. The molecule has 7 nitrogen and oxygen atoms in total. The monoisotopic (exact) mass is 1620 g/mol. The van der Waals surface area contributed by atoms with E-state index in [1.807, 2.05) is 7.05 Å². The number of fused-ring (bicyclic) bond motifs is 6. The first-order valence-corrected chi connectivity index (χ1v) is 53.3. The molecular weight excluding hydrogens is 1470 g/mol. The lowest BCUT2D eigenvalue weighted by Crippen LogP contribution is -2.50. The number of halogens is 1. The molecule has 588 valence electrons. The van der Waals surface area contributed by atoms with Crippen molar-refractivity contribution in [2.75, 3.05) is 26.8 Å². The van der Waals surface area contributed by atoms with E-state index in [9.17, 15) is 0 Å². The van der Waals surface area contributed by atoms with Gasteiger partial charge in [-0.2, -0.15) is 0 Å². The Balaban J connectivity index is 0.000000235. The summed E-state index contributed by atoms with van der Waals surface area (Å²) in [5.41, 5.74) is 15.3. The molecule has 2 aliphatic rings. The number of hydrogen-bond donors (Lipinski definition) is 2. The highest BCUT2D eigenvalue weighted by atomic mass is 127. The highest BCUT2D eigenvalue weighted by Crippen LogP contribution is 2.45. The van der Waals surface area contributed by atoms with E-state index in [4.69, 9.17) is 18.9 Å². The maximum Gasteiger partial charge on any atom is 0.199 e. The Hall–Kier alpha value is -4.00. The minimum absolute atomic E-state index is 0.0104. The molecule has 0 saturated carbocycles. The van der Waals surface area contributed by atoms with E-state index in [2.05, 4.69) is 360 Å². The van der Waals surface area contributed by atoms with Gasteiger partial charge in [0.25, 0.3) is 0 Å². The predicted molar refractivity (Wildman–Crippen MR) is 488 cm³/mol. The zero-order valence-corrected chi connectivity index (χ0v) is 79.3. The summed E-state index contributed by atoms with van der Waals surface area (Å²) in [6.45, 7) is 77.5. The van der Waals surface area contributed by atoms with Crippen molar-refractivity contribution in [1.82, 2.24) is 14.9 Å². The van der Waals surface area contributed by atoms with Crippen LogP contribution in [-0.2, 0) is 20.3 Å². The zero-order chi connectivity index (χ0) is 79.2. The second-order valence-corrected chi connectivity index (χ2v) is 62.3. The largest absolute Gasteiger partial charge is 0.464 e. The summed E-state index contributed by atoms with van der Waals surface area (Å²) in [4.78, 5) is 3.80. The van der Waals surface area contributed by atoms with Crippen molar-refractivity contribution in [2.45, 2.75) is 339 Å². The van der Waals surface area contributed by atoms with E-state index >= 15 is 0 Å². The third-order valence-electron chi connectivity index (χ3n) is 26.4. The van der Waals surface area contributed by atoms with E-state index in [0.29, 0.717) is 27.6 Å². The molecule has 0 spiro atoms. The van der Waals surface area contributed by atoms with Crippen LogP contribution in [0.15, 0.2) is 109 Å². The summed E-state index contributed by atoms with van der Waals surface area (Å²) >= 11 is 2.38. The normalized spacial score (nSPS) is 16.3. The first kappa shape index (κ1) is 89.2. The fraction of sp³-hybridized carbons (Fsp3) is 0.617. The van der Waals surface area contributed by atoms with Gasteiger partial charge in [-0.05, 0) is 207 Å². The molecule has 6 aromatic carbocycles. The van der Waals surface area contributed by atoms with Crippen LogP contribution >= 0.6 is 22.6 Å². The molecule has 10 rings (SSSR count). The Kier molecular flexibility index (Phi) is 30.5. The molecule has 2 N–H and O–H groups in total. The topological polar surface area (TPSA) is 69.7 Å². The van der Waals surface area contributed by atoms with Gasteiger partial charge in [-0.3, -0.25) is 0 Å². The molecule has 0 aliphatic carbocycles. The molecule has 0 amide bonds. The minimum atomic E-state index is -1.81. The fourth-order valence-corrected chi connectivity index (χ4v) is 33.0. The number of aromatic amines is 1. The van der Waals surface area contributed by atoms with Gasteiger partial charge in [0.2, 0.25) is 0 Å². The summed E-state index contributed by atoms with van der Waals surface area (Å²) in [7, 11) is -4.73. The quantitative estimate of drug-likeness (QED) is 0.0493. The molecule has 2 atom stereocenters. The van der Waals surface area contributed by atoms with Crippen LogP contribution in [0.25, 0.3) is 49.3 Å². The van der Waals surface area contributed by atoms with Gasteiger partial charge in [-0.15, -0.1) is 0 Å². The highest BCUT2D eigenvalue weighted by Gasteiger charge is 2.42. The number of nitrogens with zero attached hydrogens (tertiary/aromatic N) is 1. The van der Waals surface area contributed by atoms with Gasteiger partial charge < -0.3 is 33.8 Å². The molecule has 8 aromatic rings. The maximum atomic E-state index is 6.90. The van der Waals surface area contributed by atoms with Crippen LogP contribution in [0.4, 0.5) is 0 Å². The van der Waals surface area contributed by atoms with Gasteiger partial charge in [-0.1, -0.05) is 295 Å². The van der Waals surface area contributed by atoms with E-state index in [0.717, 1.165) is 104 Å². The van der Waals surface area contributed by atoms with Gasteiger partial charge in [0.05, 0.1) is 65.8 Å². The van der Waals surface area contributed by atoms with Crippen molar-refractivity contribution in [1.29, 1.82) is 0 Å². The molecule has 4 heterocycles. The highest BCUT2D eigenvalue weighted by molar-refractivity contribution is 14.1. The summed E-state index contributed by atoms with van der Waals surface area (Å²) in [6, 6.07) is 43.2. The van der Waals surface area contributed by atoms with E-state index < -0.39 is 32.3 Å². The molecule has 12 heteroatoms. The Morgan fingerprint density at radius 1 is 0.443 bits per heavy atom. The Bertz CT molecular complexity index is 3950. The lowest BCUT2D eigenvalue weighted by molar-refractivity contribution is -0.106. The van der Waals surface area contributed by atoms with Crippen molar-refractivity contribution in [2.24, 2.45) is 10.8 Å². The zero-order valence-electron chi connectivity index (χ0n) is 73.1. The number of rotatable bonds is 23. The molecule has 2 aromatic heterocycles. The van der Waals surface area contributed by atoms with Gasteiger partial charge in [0.15, 0.2) is 12.6 Å². The average molecular weight is 1630 g/mol. The molecule has 2 aliphatic heterocycles. The minimum Gasteiger partial charge on any atom is -0.464 e. The molecular formula is C94H150IN3O4Si4. The van der Waals surface area contributed by atoms with E-state index in [1.165, 1.54) is 71.2 Å². The van der Waals surface area contributed by atoms with Gasteiger partial charge in [0, 0.05) is 45.4 Å². The Morgan fingerprint density at radius 2 is 0.774 bits per heavy atom. The van der Waals surface area contributed by atoms with E-state index in [1.54, 1.807) is 20.7 Å². The second kappa shape index (κ2) is 36.2. The maximum absolute atomic E-state index is 6.90.